The highest BCUT2D eigenvalue weighted by Gasteiger charge is 2.17. The van der Waals surface area contributed by atoms with Gasteiger partial charge in [-0.25, -0.2) is 0 Å². The van der Waals surface area contributed by atoms with Crippen molar-refractivity contribution in [3.8, 4) is 23.0 Å². The van der Waals surface area contributed by atoms with Crippen LogP contribution in [0.5, 0.6) is 11.5 Å². The summed E-state index contributed by atoms with van der Waals surface area (Å²) in [6, 6.07) is 20.2. The van der Waals surface area contributed by atoms with Gasteiger partial charge in [-0.1, -0.05) is 29.4 Å². The van der Waals surface area contributed by atoms with E-state index in [2.05, 4.69) is 57.3 Å². The summed E-state index contributed by atoms with van der Waals surface area (Å²) in [5.74, 6) is 2.46. The average molecular weight is 431 g/mol. The third-order valence-electron chi connectivity index (χ3n) is 5.83. The van der Waals surface area contributed by atoms with Gasteiger partial charge in [-0.05, 0) is 48.8 Å². The molecule has 0 amide bonds. The number of hydrogen-bond acceptors (Lipinski definition) is 7. The number of benzene rings is 3. The van der Waals surface area contributed by atoms with Crippen LogP contribution in [0.2, 0.25) is 0 Å². The zero-order chi connectivity index (χ0) is 21.9. The molecule has 4 aromatic rings. The predicted octanol–water partition coefficient (Wildman–Crippen LogP) is 4.23. The SMILES string of the molecule is COc1cccc(-c2nc(COc3ccc4cccc(N5CCN(C)CC5)c4c3)no2)c1. The third kappa shape index (κ3) is 4.24. The molecule has 5 rings (SSSR count). The number of ether oxygens (including phenoxy) is 2. The fraction of sp³-hybridized carbons (Fsp3) is 0.280. The number of nitrogens with zero attached hydrogens (tertiary/aromatic N) is 4. The lowest BCUT2D eigenvalue weighted by molar-refractivity contribution is 0.287. The van der Waals surface area contributed by atoms with Gasteiger partial charge < -0.3 is 23.8 Å². The molecule has 7 nitrogen and oxygen atoms in total. The molecular formula is C25H26N4O3. The summed E-state index contributed by atoms with van der Waals surface area (Å²) < 4.78 is 16.7. The number of piperazine rings is 1. The van der Waals surface area contributed by atoms with Crippen LogP contribution in [-0.2, 0) is 6.61 Å². The maximum Gasteiger partial charge on any atom is 0.258 e. The second kappa shape index (κ2) is 8.88. The van der Waals surface area contributed by atoms with Crippen LogP contribution in [0.15, 0.2) is 65.2 Å². The highest BCUT2D eigenvalue weighted by atomic mass is 16.5. The van der Waals surface area contributed by atoms with E-state index in [-0.39, 0.29) is 6.61 Å². The monoisotopic (exact) mass is 430 g/mol. The molecule has 0 saturated carbocycles. The van der Waals surface area contributed by atoms with Crippen molar-refractivity contribution in [1.82, 2.24) is 15.0 Å². The van der Waals surface area contributed by atoms with Crippen LogP contribution in [0.25, 0.3) is 22.2 Å². The number of fused-ring (bicyclic) bond motifs is 1. The van der Waals surface area contributed by atoms with Crippen LogP contribution in [-0.4, -0.2) is 55.4 Å². The first kappa shape index (κ1) is 20.3. The van der Waals surface area contributed by atoms with Gasteiger partial charge in [0.25, 0.3) is 5.89 Å². The first-order valence-electron chi connectivity index (χ1n) is 10.8. The van der Waals surface area contributed by atoms with Gasteiger partial charge in [0.05, 0.1) is 7.11 Å². The van der Waals surface area contributed by atoms with Crippen molar-refractivity contribution in [2.45, 2.75) is 6.61 Å². The van der Waals surface area contributed by atoms with Gasteiger partial charge in [-0.3, -0.25) is 0 Å². The molecule has 164 valence electrons. The molecule has 0 radical (unpaired) electrons. The molecule has 32 heavy (non-hydrogen) atoms. The summed E-state index contributed by atoms with van der Waals surface area (Å²) in [6.07, 6.45) is 0. The third-order valence-corrected chi connectivity index (χ3v) is 5.83. The number of aromatic nitrogens is 2. The first-order chi connectivity index (χ1) is 15.7. The Hall–Kier alpha value is -3.58. The van der Waals surface area contributed by atoms with Crippen LogP contribution in [0, 0.1) is 0 Å². The Morgan fingerprint density at radius 2 is 1.78 bits per heavy atom. The van der Waals surface area contributed by atoms with Crippen molar-refractivity contribution in [2.24, 2.45) is 0 Å². The van der Waals surface area contributed by atoms with Gasteiger partial charge >= 0.3 is 0 Å². The zero-order valence-electron chi connectivity index (χ0n) is 18.3. The van der Waals surface area contributed by atoms with Gasteiger partial charge in [-0.2, -0.15) is 4.98 Å². The second-order valence-electron chi connectivity index (χ2n) is 7.99. The molecule has 0 atom stereocenters. The second-order valence-corrected chi connectivity index (χ2v) is 7.99. The molecule has 1 aliphatic heterocycles. The molecule has 1 saturated heterocycles. The number of likely N-dealkylation sites (N-methyl/N-ethyl adjacent to an activating group) is 1. The Balaban J connectivity index is 1.33. The van der Waals surface area contributed by atoms with Crippen molar-refractivity contribution in [3.63, 3.8) is 0 Å². The predicted molar refractivity (Wildman–Crippen MR) is 124 cm³/mol. The fourth-order valence-electron chi connectivity index (χ4n) is 3.98. The average Bonchev–Trinajstić information content (AvgIpc) is 3.32. The maximum absolute atomic E-state index is 6.02. The summed E-state index contributed by atoms with van der Waals surface area (Å²) in [4.78, 5) is 9.27. The van der Waals surface area contributed by atoms with Gasteiger partial charge in [-0.15, -0.1) is 0 Å². The molecule has 1 aromatic heterocycles. The van der Waals surface area contributed by atoms with E-state index in [1.54, 1.807) is 7.11 Å². The molecule has 0 spiro atoms. The number of hydrogen-bond donors (Lipinski definition) is 0. The molecule has 7 heteroatoms. The summed E-state index contributed by atoms with van der Waals surface area (Å²) in [5, 5.41) is 6.46. The molecule has 0 unspecified atom stereocenters. The molecule has 0 N–H and O–H groups in total. The van der Waals surface area contributed by atoms with E-state index in [1.807, 2.05) is 30.3 Å². The lowest BCUT2D eigenvalue weighted by atomic mass is 10.1. The maximum atomic E-state index is 6.02. The van der Waals surface area contributed by atoms with Gasteiger partial charge in [0.2, 0.25) is 5.82 Å². The first-order valence-corrected chi connectivity index (χ1v) is 10.8. The van der Waals surface area contributed by atoms with Crippen molar-refractivity contribution in [2.75, 3.05) is 45.2 Å². The minimum absolute atomic E-state index is 0.232. The Bertz CT molecular complexity index is 1210. The van der Waals surface area contributed by atoms with E-state index in [0.29, 0.717) is 11.7 Å². The molecular weight excluding hydrogens is 404 g/mol. The highest BCUT2D eigenvalue weighted by molar-refractivity contribution is 5.95. The van der Waals surface area contributed by atoms with E-state index in [9.17, 15) is 0 Å². The van der Waals surface area contributed by atoms with Crippen LogP contribution < -0.4 is 14.4 Å². The fourth-order valence-corrected chi connectivity index (χ4v) is 3.98. The summed E-state index contributed by atoms with van der Waals surface area (Å²) >= 11 is 0. The van der Waals surface area contributed by atoms with Gasteiger partial charge in [0.15, 0.2) is 6.61 Å². The minimum atomic E-state index is 0.232. The van der Waals surface area contributed by atoms with Crippen LogP contribution in [0.4, 0.5) is 5.69 Å². The topological polar surface area (TPSA) is 63.9 Å². The molecule has 2 heterocycles. The summed E-state index contributed by atoms with van der Waals surface area (Å²) in [7, 11) is 3.80. The number of anilines is 1. The van der Waals surface area contributed by atoms with Crippen LogP contribution in [0.1, 0.15) is 5.82 Å². The van der Waals surface area contributed by atoms with E-state index >= 15 is 0 Å². The molecule has 1 aliphatic rings. The van der Waals surface area contributed by atoms with E-state index < -0.39 is 0 Å². The van der Waals surface area contributed by atoms with Crippen molar-refractivity contribution >= 4 is 16.5 Å². The van der Waals surface area contributed by atoms with Gasteiger partial charge in [0.1, 0.15) is 11.5 Å². The van der Waals surface area contributed by atoms with Crippen molar-refractivity contribution in [1.29, 1.82) is 0 Å². The summed E-state index contributed by atoms with van der Waals surface area (Å²) in [5.41, 5.74) is 2.06. The normalized spacial score (nSPS) is 14.6. The highest BCUT2D eigenvalue weighted by Crippen LogP contribution is 2.31. The Labute approximate surface area is 187 Å². The number of methoxy groups -OCH3 is 1. The molecule has 1 fully saturated rings. The van der Waals surface area contributed by atoms with E-state index in [0.717, 1.165) is 43.2 Å². The standard InChI is InChI=1S/C25H26N4O3/c1-28-11-13-29(14-12-28)23-8-4-5-18-9-10-21(16-22(18)23)31-17-24-26-25(32-27-24)19-6-3-7-20(15-19)30-2/h3-10,15-16H,11-14,17H2,1-2H3. The Kier molecular flexibility index (Phi) is 5.64. The quantitative estimate of drug-likeness (QED) is 0.454. The summed E-state index contributed by atoms with van der Waals surface area (Å²) in [6.45, 7) is 4.42. The lowest BCUT2D eigenvalue weighted by Crippen LogP contribution is -2.44. The van der Waals surface area contributed by atoms with Crippen LogP contribution >= 0.6 is 0 Å². The minimum Gasteiger partial charge on any atom is -0.497 e. The van der Waals surface area contributed by atoms with Crippen molar-refractivity contribution in [3.05, 3.63) is 66.5 Å². The zero-order valence-corrected chi connectivity index (χ0v) is 18.3. The van der Waals surface area contributed by atoms with E-state index in [4.69, 9.17) is 14.0 Å². The largest absolute Gasteiger partial charge is 0.497 e. The smallest absolute Gasteiger partial charge is 0.258 e. The number of rotatable bonds is 6. The molecule has 0 bridgehead atoms. The van der Waals surface area contributed by atoms with Crippen molar-refractivity contribution < 1.29 is 14.0 Å². The Morgan fingerprint density at radius 3 is 2.62 bits per heavy atom. The molecule has 0 aliphatic carbocycles. The van der Waals surface area contributed by atoms with Crippen LogP contribution in [0.3, 0.4) is 0 Å². The molecule has 3 aromatic carbocycles. The lowest BCUT2D eigenvalue weighted by Gasteiger charge is -2.34. The van der Waals surface area contributed by atoms with E-state index in [1.165, 1.54) is 16.5 Å². The Morgan fingerprint density at radius 1 is 0.938 bits per heavy atom. The van der Waals surface area contributed by atoms with Gasteiger partial charge in [0, 0.05) is 42.8 Å².